The second-order valence-electron chi connectivity index (χ2n) is 4.31. The molecule has 0 saturated heterocycles. The molecule has 0 bridgehead atoms. The van der Waals surface area contributed by atoms with Crippen molar-refractivity contribution in [2.45, 2.75) is 45.4 Å². The SMILES string of the molecule is CCCCCCCCNc1ncnc(Cl)c1[N+](=O)[O-]. The van der Waals surface area contributed by atoms with Crippen LogP contribution in [0.1, 0.15) is 45.4 Å². The Morgan fingerprint density at radius 3 is 2.63 bits per heavy atom. The first-order valence-electron chi connectivity index (χ1n) is 6.55. The zero-order valence-corrected chi connectivity index (χ0v) is 11.8. The van der Waals surface area contributed by atoms with Gasteiger partial charge in [-0.1, -0.05) is 50.6 Å². The number of aromatic nitrogens is 2. The van der Waals surface area contributed by atoms with Crippen LogP contribution in [0.2, 0.25) is 5.15 Å². The molecule has 0 amide bonds. The third kappa shape index (κ3) is 5.38. The van der Waals surface area contributed by atoms with E-state index in [1.807, 2.05) is 0 Å². The van der Waals surface area contributed by atoms with E-state index in [0.29, 0.717) is 6.54 Å². The van der Waals surface area contributed by atoms with Gasteiger partial charge in [0, 0.05) is 6.54 Å². The fourth-order valence-corrected chi connectivity index (χ4v) is 1.96. The molecular weight excluding hydrogens is 268 g/mol. The van der Waals surface area contributed by atoms with Crippen molar-refractivity contribution in [1.82, 2.24) is 9.97 Å². The van der Waals surface area contributed by atoms with Crippen LogP contribution in [0.3, 0.4) is 0 Å². The monoisotopic (exact) mass is 286 g/mol. The van der Waals surface area contributed by atoms with Gasteiger partial charge >= 0.3 is 5.69 Å². The molecule has 0 unspecified atom stereocenters. The Morgan fingerprint density at radius 1 is 1.26 bits per heavy atom. The third-order valence-corrected chi connectivity index (χ3v) is 3.06. The molecule has 0 aliphatic rings. The van der Waals surface area contributed by atoms with Crippen LogP contribution in [0.25, 0.3) is 0 Å². The molecule has 106 valence electrons. The standard InChI is InChI=1S/C12H19ClN4O2/c1-2-3-4-5-6-7-8-14-12-10(17(18)19)11(13)15-9-16-12/h9H,2-8H2,1H3,(H,14,15,16). The molecular formula is C12H19ClN4O2. The van der Waals surface area contributed by atoms with Gasteiger partial charge in [0.05, 0.1) is 4.92 Å². The van der Waals surface area contributed by atoms with Crippen LogP contribution < -0.4 is 5.32 Å². The minimum atomic E-state index is -0.564. The highest BCUT2D eigenvalue weighted by atomic mass is 35.5. The van der Waals surface area contributed by atoms with Crippen molar-refractivity contribution < 1.29 is 4.92 Å². The summed E-state index contributed by atoms with van der Waals surface area (Å²) in [5.74, 6) is 0.193. The Hall–Kier alpha value is -1.43. The fraction of sp³-hybridized carbons (Fsp3) is 0.667. The third-order valence-electron chi connectivity index (χ3n) is 2.78. The number of nitro groups is 1. The minimum absolute atomic E-state index is 0.134. The highest BCUT2D eigenvalue weighted by molar-refractivity contribution is 6.31. The molecule has 0 radical (unpaired) electrons. The van der Waals surface area contributed by atoms with Crippen molar-refractivity contribution in [3.05, 3.63) is 21.6 Å². The summed E-state index contributed by atoms with van der Waals surface area (Å²) in [6, 6.07) is 0. The van der Waals surface area contributed by atoms with Gasteiger partial charge in [0.1, 0.15) is 6.33 Å². The molecule has 0 saturated carbocycles. The molecule has 6 nitrogen and oxygen atoms in total. The summed E-state index contributed by atoms with van der Waals surface area (Å²) in [5, 5.41) is 13.7. The van der Waals surface area contributed by atoms with Crippen LogP contribution in [0.15, 0.2) is 6.33 Å². The molecule has 0 aliphatic heterocycles. The maximum atomic E-state index is 10.9. The number of rotatable bonds is 9. The molecule has 0 aliphatic carbocycles. The number of hydrogen-bond donors (Lipinski definition) is 1. The molecule has 1 N–H and O–H groups in total. The maximum Gasteiger partial charge on any atom is 0.348 e. The first-order valence-corrected chi connectivity index (χ1v) is 6.93. The Kier molecular flexibility index (Phi) is 7.10. The van der Waals surface area contributed by atoms with Gasteiger partial charge in [-0.3, -0.25) is 10.1 Å². The molecule has 1 heterocycles. The summed E-state index contributed by atoms with van der Waals surface area (Å²) >= 11 is 5.69. The molecule has 0 aromatic carbocycles. The van der Waals surface area contributed by atoms with Crippen molar-refractivity contribution in [3.8, 4) is 0 Å². The van der Waals surface area contributed by atoms with Crippen molar-refractivity contribution in [2.75, 3.05) is 11.9 Å². The van der Waals surface area contributed by atoms with E-state index in [2.05, 4.69) is 22.2 Å². The molecule has 0 fully saturated rings. The lowest BCUT2D eigenvalue weighted by molar-refractivity contribution is -0.384. The predicted molar refractivity (Wildman–Crippen MR) is 75.6 cm³/mol. The summed E-state index contributed by atoms with van der Waals surface area (Å²) in [7, 11) is 0. The quantitative estimate of drug-likeness (QED) is 0.323. The summed E-state index contributed by atoms with van der Waals surface area (Å²) < 4.78 is 0. The van der Waals surface area contributed by atoms with Gasteiger partial charge in [0.15, 0.2) is 0 Å². The van der Waals surface area contributed by atoms with E-state index in [-0.39, 0.29) is 16.7 Å². The van der Waals surface area contributed by atoms with Gasteiger partial charge in [-0.15, -0.1) is 0 Å². The average Bonchev–Trinajstić information content (AvgIpc) is 2.37. The molecule has 1 aromatic rings. The number of anilines is 1. The Labute approximate surface area is 117 Å². The normalized spacial score (nSPS) is 10.4. The fourth-order valence-electron chi connectivity index (χ4n) is 1.76. The highest BCUT2D eigenvalue weighted by Crippen LogP contribution is 2.28. The smallest absolute Gasteiger partial charge is 0.348 e. The van der Waals surface area contributed by atoms with Crippen molar-refractivity contribution in [2.24, 2.45) is 0 Å². The van der Waals surface area contributed by atoms with Crippen LogP contribution >= 0.6 is 11.6 Å². The van der Waals surface area contributed by atoms with E-state index in [0.717, 1.165) is 12.8 Å². The predicted octanol–water partition coefficient (Wildman–Crippen LogP) is 3.81. The second-order valence-corrected chi connectivity index (χ2v) is 4.67. The molecule has 1 rings (SSSR count). The summed E-state index contributed by atoms with van der Waals surface area (Å²) in [6.45, 7) is 2.83. The van der Waals surface area contributed by atoms with Crippen LogP contribution in [0.4, 0.5) is 11.5 Å². The summed E-state index contributed by atoms with van der Waals surface area (Å²) in [6.07, 6.45) is 8.23. The Balaban J connectivity index is 2.37. The van der Waals surface area contributed by atoms with Gasteiger partial charge < -0.3 is 5.32 Å². The average molecular weight is 287 g/mol. The zero-order valence-electron chi connectivity index (χ0n) is 11.1. The van der Waals surface area contributed by atoms with E-state index >= 15 is 0 Å². The van der Waals surface area contributed by atoms with Gasteiger partial charge in [0.2, 0.25) is 11.0 Å². The van der Waals surface area contributed by atoms with E-state index < -0.39 is 4.92 Å². The van der Waals surface area contributed by atoms with Crippen LogP contribution in [-0.2, 0) is 0 Å². The second kappa shape index (κ2) is 8.63. The first-order chi connectivity index (χ1) is 9.16. The maximum absolute atomic E-state index is 10.9. The van der Waals surface area contributed by atoms with Crippen molar-refractivity contribution >= 4 is 23.1 Å². The number of hydrogen-bond acceptors (Lipinski definition) is 5. The topological polar surface area (TPSA) is 81.0 Å². The minimum Gasteiger partial charge on any atom is -0.364 e. The van der Waals surface area contributed by atoms with Crippen LogP contribution in [0.5, 0.6) is 0 Å². The molecule has 0 spiro atoms. The number of halogens is 1. The zero-order chi connectivity index (χ0) is 14.1. The lowest BCUT2D eigenvalue weighted by Gasteiger charge is -2.06. The van der Waals surface area contributed by atoms with Crippen LogP contribution in [0, 0.1) is 10.1 Å². The number of nitrogens with one attached hydrogen (secondary N) is 1. The van der Waals surface area contributed by atoms with Gasteiger partial charge in [0.25, 0.3) is 0 Å². The van der Waals surface area contributed by atoms with E-state index in [9.17, 15) is 10.1 Å². The lowest BCUT2D eigenvalue weighted by Crippen LogP contribution is -2.07. The Morgan fingerprint density at radius 2 is 1.95 bits per heavy atom. The number of unbranched alkanes of at least 4 members (excludes halogenated alkanes) is 5. The first kappa shape index (κ1) is 15.6. The van der Waals surface area contributed by atoms with Gasteiger partial charge in [-0.25, -0.2) is 9.97 Å². The molecule has 19 heavy (non-hydrogen) atoms. The largest absolute Gasteiger partial charge is 0.364 e. The van der Waals surface area contributed by atoms with Crippen molar-refractivity contribution in [1.29, 1.82) is 0 Å². The molecule has 7 heteroatoms. The van der Waals surface area contributed by atoms with Crippen molar-refractivity contribution in [3.63, 3.8) is 0 Å². The van der Waals surface area contributed by atoms with E-state index in [4.69, 9.17) is 11.6 Å². The molecule has 1 aromatic heterocycles. The van der Waals surface area contributed by atoms with Gasteiger partial charge in [-0.2, -0.15) is 0 Å². The number of nitrogens with zero attached hydrogens (tertiary/aromatic N) is 3. The Bertz CT molecular complexity index is 415. The summed E-state index contributed by atoms with van der Waals surface area (Å²) in [4.78, 5) is 17.8. The van der Waals surface area contributed by atoms with E-state index in [1.54, 1.807) is 0 Å². The summed E-state index contributed by atoms with van der Waals surface area (Å²) in [5.41, 5.74) is -0.254. The molecule has 0 atom stereocenters. The highest BCUT2D eigenvalue weighted by Gasteiger charge is 2.20. The lowest BCUT2D eigenvalue weighted by atomic mass is 10.1. The van der Waals surface area contributed by atoms with Crippen LogP contribution in [-0.4, -0.2) is 21.4 Å². The van der Waals surface area contributed by atoms with Gasteiger partial charge in [-0.05, 0) is 6.42 Å². The van der Waals surface area contributed by atoms with E-state index in [1.165, 1.54) is 32.0 Å².